The van der Waals surface area contributed by atoms with Crippen LogP contribution in [0.4, 0.5) is 5.69 Å². The number of fused-ring (bicyclic) bond motifs is 1. The van der Waals surface area contributed by atoms with Crippen LogP contribution in [-0.4, -0.2) is 32.9 Å². The first-order chi connectivity index (χ1) is 12.6. The van der Waals surface area contributed by atoms with Crippen LogP contribution in [0.3, 0.4) is 0 Å². The van der Waals surface area contributed by atoms with E-state index in [9.17, 15) is 9.59 Å². The highest BCUT2D eigenvalue weighted by Gasteiger charge is 2.16. The van der Waals surface area contributed by atoms with Crippen molar-refractivity contribution in [1.29, 1.82) is 0 Å². The van der Waals surface area contributed by atoms with Crippen molar-refractivity contribution >= 4 is 17.6 Å². The topological polar surface area (TPSA) is 83.1 Å². The molecule has 1 N–H and O–H groups in total. The molecule has 0 saturated heterocycles. The van der Waals surface area contributed by atoms with Gasteiger partial charge in [-0.25, -0.2) is 4.79 Å². The Morgan fingerprint density at radius 2 is 1.88 bits per heavy atom. The van der Waals surface area contributed by atoms with E-state index in [2.05, 4.69) is 5.32 Å². The van der Waals surface area contributed by atoms with Gasteiger partial charge in [0.2, 0.25) is 12.7 Å². The maximum Gasteiger partial charge on any atom is 0.340 e. The standard InChI is InChI=1S/C19H19NO6/c1-23-13-5-6-15(14(10-13)19(22)24-2)20-18(21)8-4-12-3-7-16-17(9-12)26-11-25-16/h3,5-7,9-10H,4,8,11H2,1-2H3,(H,20,21). The number of ether oxygens (including phenoxy) is 4. The lowest BCUT2D eigenvalue weighted by atomic mass is 10.1. The number of benzene rings is 2. The number of nitrogens with one attached hydrogen (secondary N) is 1. The molecular weight excluding hydrogens is 338 g/mol. The summed E-state index contributed by atoms with van der Waals surface area (Å²) in [6.07, 6.45) is 0.790. The minimum absolute atomic E-state index is 0.210. The number of esters is 1. The largest absolute Gasteiger partial charge is 0.497 e. The smallest absolute Gasteiger partial charge is 0.340 e. The highest BCUT2D eigenvalue weighted by Crippen LogP contribution is 2.32. The molecule has 0 spiro atoms. The summed E-state index contributed by atoms with van der Waals surface area (Å²) in [7, 11) is 2.78. The summed E-state index contributed by atoms with van der Waals surface area (Å²) in [5.41, 5.74) is 1.59. The molecule has 1 heterocycles. The molecule has 26 heavy (non-hydrogen) atoms. The van der Waals surface area contributed by atoms with Crippen molar-refractivity contribution in [2.75, 3.05) is 26.3 Å². The number of hydrogen-bond donors (Lipinski definition) is 1. The third kappa shape index (κ3) is 3.88. The number of rotatable bonds is 6. The second kappa shape index (κ2) is 7.77. The van der Waals surface area contributed by atoms with Gasteiger partial charge in [0.15, 0.2) is 11.5 Å². The van der Waals surface area contributed by atoms with Gasteiger partial charge in [-0.2, -0.15) is 0 Å². The zero-order chi connectivity index (χ0) is 18.5. The molecule has 0 saturated carbocycles. The summed E-state index contributed by atoms with van der Waals surface area (Å²) in [6, 6.07) is 10.4. The summed E-state index contributed by atoms with van der Waals surface area (Å²) in [4.78, 5) is 24.2. The summed E-state index contributed by atoms with van der Waals surface area (Å²) in [5, 5.41) is 2.75. The van der Waals surface area contributed by atoms with E-state index in [-0.39, 0.29) is 24.7 Å². The summed E-state index contributed by atoms with van der Waals surface area (Å²) < 4.78 is 20.5. The molecule has 136 valence electrons. The molecule has 0 aliphatic carbocycles. The van der Waals surface area contributed by atoms with Crippen molar-refractivity contribution in [2.24, 2.45) is 0 Å². The first kappa shape index (κ1) is 17.6. The lowest BCUT2D eigenvalue weighted by molar-refractivity contribution is -0.116. The fourth-order valence-corrected chi connectivity index (χ4v) is 2.61. The number of aryl methyl sites for hydroxylation is 1. The number of methoxy groups -OCH3 is 2. The van der Waals surface area contributed by atoms with Crippen molar-refractivity contribution < 1.29 is 28.5 Å². The fraction of sp³-hybridized carbons (Fsp3) is 0.263. The zero-order valence-corrected chi connectivity index (χ0v) is 14.5. The Morgan fingerprint density at radius 1 is 1.08 bits per heavy atom. The highest BCUT2D eigenvalue weighted by molar-refractivity contribution is 6.01. The first-order valence-corrected chi connectivity index (χ1v) is 8.05. The quantitative estimate of drug-likeness (QED) is 0.801. The Kier molecular flexibility index (Phi) is 5.26. The van der Waals surface area contributed by atoms with Gasteiger partial charge in [0.25, 0.3) is 0 Å². The zero-order valence-electron chi connectivity index (χ0n) is 14.5. The molecule has 0 aromatic heterocycles. The maximum absolute atomic E-state index is 12.3. The molecule has 1 amide bonds. The predicted octanol–water partition coefficient (Wildman–Crippen LogP) is 2.78. The van der Waals surface area contributed by atoms with E-state index >= 15 is 0 Å². The molecule has 2 aromatic carbocycles. The van der Waals surface area contributed by atoms with Crippen molar-refractivity contribution in [3.8, 4) is 17.2 Å². The lowest BCUT2D eigenvalue weighted by Gasteiger charge is -2.11. The van der Waals surface area contributed by atoms with Crippen LogP contribution in [0.1, 0.15) is 22.3 Å². The predicted molar refractivity (Wildman–Crippen MR) is 93.8 cm³/mol. The van der Waals surface area contributed by atoms with Gasteiger partial charge in [0.1, 0.15) is 5.75 Å². The number of hydrogen-bond acceptors (Lipinski definition) is 6. The van der Waals surface area contributed by atoms with E-state index in [0.717, 1.165) is 5.56 Å². The minimum Gasteiger partial charge on any atom is -0.497 e. The highest BCUT2D eigenvalue weighted by atomic mass is 16.7. The van der Waals surface area contributed by atoms with E-state index in [1.807, 2.05) is 18.2 Å². The van der Waals surface area contributed by atoms with Gasteiger partial charge in [-0.3, -0.25) is 4.79 Å². The molecule has 3 rings (SSSR count). The van der Waals surface area contributed by atoms with Crippen molar-refractivity contribution in [3.63, 3.8) is 0 Å². The van der Waals surface area contributed by atoms with E-state index in [1.165, 1.54) is 20.3 Å². The Morgan fingerprint density at radius 3 is 2.65 bits per heavy atom. The second-order valence-corrected chi connectivity index (χ2v) is 5.64. The van der Waals surface area contributed by atoms with Gasteiger partial charge < -0.3 is 24.3 Å². The monoisotopic (exact) mass is 357 g/mol. The Balaban J connectivity index is 1.65. The summed E-state index contributed by atoms with van der Waals surface area (Å²) in [6.45, 7) is 0.215. The number of amides is 1. The molecule has 7 heteroatoms. The van der Waals surface area contributed by atoms with Gasteiger partial charge in [0, 0.05) is 6.42 Å². The molecular formula is C19H19NO6. The third-order valence-corrected chi connectivity index (χ3v) is 3.98. The molecule has 1 aliphatic heterocycles. The lowest BCUT2D eigenvalue weighted by Crippen LogP contribution is -2.16. The van der Waals surface area contributed by atoms with Gasteiger partial charge in [0.05, 0.1) is 25.5 Å². The molecule has 0 radical (unpaired) electrons. The molecule has 0 unspecified atom stereocenters. The van der Waals surface area contributed by atoms with Gasteiger partial charge in [-0.15, -0.1) is 0 Å². The van der Waals surface area contributed by atoms with Gasteiger partial charge in [-0.1, -0.05) is 6.07 Å². The first-order valence-electron chi connectivity index (χ1n) is 8.05. The molecule has 2 aromatic rings. The normalized spacial score (nSPS) is 11.8. The summed E-state index contributed by atoms with van der Waals surface area (Å²) >= 11 is 0. The minimum atomic E-state index is -0.546. The average Bonchev–Trinajstić information content (AvgIpc) is 3.14. The van der Waals surface area contributed by atoms with Crippen molar-refractivity contribution in [2.45, 2.75) is 12.8 Å². The average molecular weight is 357 g/mol. The Hall–Kier alpha value is -3.22. The number of carbonyl (C=O) groups is 2. The van der Waals surface area contributed by atoms with Crippen LogP contribution in [-0.2, 0) is 16.0 Å². The van der Waals surface area contributed by atoms with Crippen LogP contribution in [0.25, 0.3) is 0 Å². The molecule has 0 fully saturated rings. The number of anilines is 1. The van der Waals surface area contributed by atoms with Crippen LogP contribution >= 0.6 is 0 Å². The Labute approximate surface area is 150 Å². The molecule has 0 bridgehead atoms. The van der Waals surface area contributed by atoms with Gasteiger partial charge >= 0.3 is 5.97 Å². The molecule has 0 atom stereocenters. The van der Waals surface area contributed by atoms with Crippen molar-refractivity contribution in [3.05, 3.63) is 47.5 Å². The van der Waals surface area contributed by atoms with Crippen LogP contribution < -0.4 is 19.5 Å². The molecule has 7 nitrogen and oxygen atoms in total. The SMILES string of the molecule is COC(=O)c1cc(OC)ccc1NC(=O)CCc1ccc2c(c1)OCO2. The Bertz CT molecular complexity index is 833. The van der Waals surface area contributed by atoms with Gasteiger partial charge in [-0.05, 0) is 42.3 Å². The van der Waals surface area contributed by atoms with Crippen molar-refractivity contribution in [1.82, 2.24) is 0 Å². The van der Waals surface area contributed by atoms with Crippen LogP contribution in [0, 0.1) is 0 Å². The number of carbonyl (C=O) groups excluding carboxylic acids is 2. The van der Waals surface area contributed by atoms with Crippen LogP contribution in [0.15, 0.2) is 36.4 Å². The van der Waals surface area contributed by atoms with Crippen LogP contribution in [0.2, 0.25) is 0 Å². The van der Waals surface area contributed by atoms with E-state index in [1.54, 1.807) is 12.1 Å². The second-order valence-electron chi connectivity index (χ2n) is 5.64. The van der Waals surface area contributed by atoms with E-state index in [0.29, 0.717) is 29.4 Å². The third-order valence-electron chi connectivity index (χ3n) is 3.98. The maximum atomic E-state index is 12.3. The van der Waals surface area contributed by atoms with Crippen LogP contribution in [0.5, 0.6) is 17.2 Å². The van der Waals surface area contributed by atoms with E-state index < -0.39 is 5.97 Å². The van der Waals surface area contributed by atoms with E-state index in [4.69, 9.17) is 18.9 Å². The fourth-order valence-electron chi connectivity index (χ4n) is 2.61. The summed E-state index contributed by atoms with van der Waals surface area (Å²) in [5.74, 6) is 1.14. The molecule has 1 aliphatic rings.